The summed E-state index contributed by atoms with van der Waals surface area (Å²) in [6.07, 6.45) is 4.64. The van der Waals surface area contributed by atoms with Gasteiger partial charge in [-0.3, -0.25) is 19.2 Å². The summed E-state index contributed by atoms with van der Waals surface area (Å²) >= 11 is 0. The Morgan fingerprint density at radius 2 is 0.904 bits per heavy atom. The van der Waals surface area contributed by atoms with Gasteiger partial charge in [0.15, 0.2) is 0 Å². The van der Waals surface area contributed by atoms with E-state index in [4.69, 9.17) is 18.3 Å². The molecule has 2 saturated heterocycles. The monoisotopic (exact) mass is 702 g/mol. The average molecular weight is 703 g/mol. The van der Waals surface area contributed by atoms with E-state index in [1.54, 1.807) is 73.2 Å². The van der Waals surface area contributed by atoms with Crippen LogP contribution in [0.3, 0.4) is 0 Å². The average Bonchev–Trinajstić information content (AvgIpc) is 4.01. The number of benzene rings is 3. The Bertz CT molecular complexity index is 2000. The molecule has 5 aromatic rings. The fourth-order valence-electron chi connectivity index (χ4n) is 9.00. The van der Waals surface area contributed by atoms with Crippen LogP contribution < -0.4 is 21.3 Å². The topological polar surface area (TPSA) is 161 Å². The van der Waals surface area contributed by atoms with Crippen molar-refractivity contribution in [3.05, 3.63) is 107 Å². The highest BCUT2D eigenvalue weighted by Gasteiger charge is 2.55. The van der Waals surface area contributed by atoms with E-state index in [9.17, 15) is 19.2 Å². The van der Waals surface area contributed by atoms with Crippen LogP contribution in [0.2, 0.25) is 0 Å². The quantitative estimate of drug-likeness (QED) is 0.183. The lowest BCUT2D eigenvalue weighted by molar-refractivity contribution is -0.0871. The van der Waals surface area contributed by atoms with Crippen molar-refractivity contribution in [3.8, 4) is 0 Å². The minimum Gasteiger partial charge on any atom is -0.464 e. The molecule has 4 N–H and O–H groups in total. The number of amides is 4. The van der Waals surface area contributed by atoms with Gasteiger partial charge in [0.25, 0.3) is 23.6 Å². The summed E-state index contributed by atoms with van der Waals surface area (Å²) in [5, 5.41) is 13.7. The maximum atomic E-state index is 13.5. The Labute approximate surface area is 298 Å². The zero-order chi connectivity index (χ0) is 35.3. The molecule has 3 aromatic carbocycles. The number of nitrogens with one attached hydrogen (secondary N) is 4. The largest absolute Gasteiger partial charge is 0.464 e. The number of hydrogen-bond donors (Lipinski definition) is 4. The summed E-state index contributed by atoms with van der Waals surface area (Å²) in [5.74, 6) is -0.827. The maximum Gasteiger partial charge on any atom is 0.251 e. The van der Waals surface area contributed by atoms with Crippen LogP contribution in [0.25, 0.3) is 21.9 Å². The molecule has 4 amide bonds. The minimum atomic E-state index is -0.343. The molecule has 9 rings (SSSR count). The van der Waals surface area contributed by atoms with Gasteiger partial charge < -0.3 is 39.6 Å². The van der Waals surface area contributed by atoms with E-state index >= 15 is 0 Å². The van der Waals surface area contributed by atoms with E-state index in [1.807, 2.05) is 0 Å². The molecule has 3 fully saturated rings. The van der Waals surface area contributed by atoms with Crippen molar-refractivity contribution in [1.29, 1.82) is 0 Å². The molecule has 3 aliphatic heterocycles. The van der Waals surface area contributed by atoms with Gasteiger partial charge in [-0.25, -0.2) is 0 Å². The molecule has 1 aliphatic carbocycles. The van der Waals surface area contributed by atoms with Gasteiger partial charge in [0.1, 0.15) is 11.2 Å². The first-order valence-electron chi connectivity index (χ1n) is 17.9. The van der Waals surface area contributed by atoms with Crippen molar-refractivity contribution in [2.45, 2.75) is 38.1 Å². The normalized spacial score (nSPS) is 26.8. The van der Waals surface area contributed by atoms with E-state index in [0.717, 1.165) is 34.7 Å². The van der Waals surface area contributed by atoms with E-state index in [-0.39, 0.29) is 72.6 Å². The fourth-order valence-corrected chi connectivity index (χ4v) is 9.00. The molecule has 266 valence electrons. The lowest BCUT2D eigenvalue weighted by Crippen LogP contribution is -2.55. The number of fused-ring (bicyclic) bond motifs is 10. The predicted molar refractivity (Wildman–Crippen MR) is 189 cm³/mol. The van der Waals surface area contributed by atoms with Gasteiger partial charge in [-0.2, -0.15) is 0 Å². The Hall–Kier alpha value is -5.46. The summed E-state index contributed by atoms with van der Waals surface area (Å²) in [7, 11) is 0. The van der Waals surface area contributed by atoms with Crippen LogP contribution in [0.1, 0.15) is 65.4 Å². The standard InChI is InChI=1S/C40H38N4O8/c45-37-21-3-1-4-22(15-21)38(46)42-18-30-26-8-12-52-36(26)32(28-10-14-50-34(28)30)20-44-40(48)24-6-2-5-23(16-24)39(47)43-19-31-27-9-13-49-33(27)29(17-41-37)25-7-11-51-35(25)31/h1-7,9,11,13,15-16,26,28,30,32,34,36H,8,10,12,14,17-20H2,(H,41,45)(H,42,46)(H,43,47)(H,44,48)/t26-,28-,30+,32?,34?,36?/m0/s1. The third-order valence-electron chi connectivity index (χ3n) is 11.5. The van der Waals surface area contributed by atoms with Crippen molar-refractivity contribution in [1.82, 2.24) is 21.3 Å². The zero-order valence-electron chi connectivity index (χ0n) is 28.3. The van der Waals surface area contributed by atoms with E-state index in [1.165, 1.54) is 0 Å². The van der Waals surface area contributed by atoms with Gasteiger partial charge in [0, 0.05) is 95.4 Å². The minimum absolute atomic E-state index is 0.0423. The van der Waals surface area contributed by atoms with Crippen LogP contribution in [0.15, 0.2) is 82.0 Å². The molecule has 2 aromatic heterocycles. The van der Waals surface area contributed by atoms with Crippen molar-refractivity contribution in [3.63, 3.8) is 0 Å². The second kappa shape index (κ2) is 13.3. The number of rotatable bonds is 0. The molecule has 6 atom stereocenters. The van der Waals surface area contributed by atoms with Gasteiger partial charge in [0.2, 0.25) is 0 Å². The summed E-state index contributed by atoms with van der Waals surface area (Å²) in [6, 6.07) is 17.0. The molecular formula is C40H38N4O8. The number of hydrogen-bond acceptors (Lipinski definition) is 8. The van der Waals surface area contributed by atoms with Crippen molar-refractivity contribution in [2.24, 2.45) is 23.7 Å². The van der Waals surface area contributed by atoms with E-state index in [2.05, 4.69) is 21.3 Å². The first kappa shape index (κ1) is 32.4. The maximum absolute atomic E-state index is 13.5. The molecule has 12 nitrogen and oxygen atoms in total. The van der Waals surface area contributed by atoms with Crippen LogP contribution in [0, 0.1) is 23.7 Å². The molecule has 3 unspecified atom stereocenters. The number of ether oxygens (including phenoxy) is 2. The van der Waals surface area contributed by atoms with E-state index < -0.39 is 0 Å². The summed E-state index contributed by atoms with van der Waals surface area (Å²) in [5.41, 5.74) is 4.03. The van der Waals surface area contributed by atoms with Gasteiger partial charge in [-0.05, 0) is 73.2 Å². The van der Waals surface area contributed by atoms with Gasteiger partial charge >= 0.3 is 0 Å². The lowest BCUT2D eigenvalue weighted by Gasteiger charge is -2.46. The number of carbonyl (C=O) groups excluding carboxylic acids is 4. The highest BCUT2D eigenvalue weighted by Crippen LogP contribution is 2.49. The summed E-state index contributed by atoms with van der Waals surface area (Å²) in [6.45, 7) is 2.30. The van der Waals surface area contributed by atoms with Crippen LogP contribution in [-0.4, -0.2) is 62.1 Å². The zero-order valence-corrected chi connectivity index (χ0v) is 28.3. The predicted octanol–water partition coefficient (Wildman–Crippen LogP) is 4.57. The second-order valence-corrected chi connectivity index (χ2v) is 14.1. The Morgan fingerprint density at radius 1 is 0.500 bits per heavy atom. The van der Waals surface area contributed by atoms with Crippen LogP contribution >= 0.6 is 0 Å². The van der Waals surface area contributed by atoms with Crippen molar-refractivity contribution >= 4 is 45.6 Å². The van der Waals surface area contributed by atoms with Gasteiger partial charge in [-0.15, -0.1) is 0 Å². The number of furan rings is 2. The Kier molecular flexibility index (Phi) is 8.27. The second-order valence-electron chi connectivity index (χ2n) is 14.1. The Morgan fingerprint density at radius 3 is 1.33 bits per heavy atom. The van der Waals surface area contributed by atoms with Crippen molar-refractivity contribution in [2.75, 3.05) is 26.3 Å². The van der Waals surface area contributed by atoms with Crippen LogP contribution in [0.4, 0.5) is 0 Å². The smallest absolute Gasteiger partial charge is 0.251 e. The first-order chi connectivity index (χ1) is 25.4. The molecule has 4 aliphatic rings. The molecule has 12 heteroatoms. The highest BCUT2D eigenvalue weighted by atomic mass is 16.5. The molecule has 1 saturated carbocycles. The van der Waals surface area contributed by atoms with Crippen LogP contribution in [0.5, 0.6) is 0 Å². The third kappa shape index (κ3) is 5.62. The summed E-state index contributed by atoms with van der Waals surface area (Å²) < 4.78 is 24.5. The molecular weight excluding hydrogens is 664 g/mol. The molecule has 5 heterocycles. The SMILES string of the molecule is O=C1NCc2c3ccoc3c(c3ccoc23)CNC(=O)c2cccc(c2)C(=O)NC[C@H]2C3OCC[C@H]3C(CNC(=O)c3cccc1c3)C1OCC[C@H]12. The van der Waals surface area contributed by atoms with Crippen LogP contribution in [-0.2, 0) is 22.6 Å². The highest BCUT2D eigenvalue weighted by molar-refractivity contribution is 6.04. The van der Waals surface area contributed by atoms with Gasteiger partial charge in [0.05, 0.1) is 24.7 Å². The first-order valence-corrected chi connectivity index (χ1v) is 17.9. The molecule has 0 radical (unpaired) electrons. The molecule has 52 heavy (non-hydrogen) atoms. The van der Waals surface area contributed by atoms with Gasteiger partial charge in [-0.1, -0.05) is 12.1 Å². The number of carbonyl (C=O) groups is 4. The molecule has 8 bridgehead atoms. The van der Waals surface area contributed by atoms with Crippen molar-refractivity contribution < 1.29 is 37.5 Å². The van der Waals surface area contributed by atoms with E-state index in [0.29, 0.717) is 59.7 Å². The fraction of sp³-hybridized carbons (Fsp3) is 0.350. The third-order valence-corrected chi connectivity index (χ3v) is 11.5. The summed E-state index contributed by atoms with van der Waals surface area (Å²) in [4.78, 5) is 54.0. The molecule has 0 spiro atoms. The Balaban J connectivity index is 1.06. The lowest BCUT2D eigenvalue weighted by atomic mass is 9.64.